The largest absolute Gasteiger partial charge is 0.441 e. The van der Waals surface area contributed by atoms with Gasteiger partial charge in [0.15, 0.2) is 11.7 Å². The van der Waals surface area contributed by atoms with E-state index in [1.54, 1.807) is 6.20 Å². The standard InChI is InChI=1S/C27H33FN4O2/c1-4-31-13-15-32(16-14-31)24-10-9-22(28)17-23(24)20(3)30-26(33)11-12-27-29-18-25(34-27)21-7-5-19(2)6-8-21/h5-10,17-18,20H,4,11-16H2,1-3H3,(H,30,33). The number of benzene rings is 2. The molecule has 7 heteroatoms. The first-order chi connectivity index (χ1) is 16.4. The molecule has 2 heterocycles. The van der Waals surface area contributed by atoms with E-state index in [1.165, 1.54) is 17.7 Å². The highest BCUT2D eigenvalue weighted by molar-refractivity contribution is 5.77. The van der Waals surface area contributed by atoms with E-state index in [1.807, 2.05) is 44.2 Å². The fourth-order valence-corrected chi connectivity index (χ4v) is 4.35. The Hall–Kier alpha value is -3.19. The smallest absolute Gasteiger partial charge is 0.220 e. The number of halogens is 1. The Morgan fingerprint density at radius 2 is 1.88 bits per heavy atom. The van der Waals surface area contributed by atoms with Crippen LogP contribution in [0.3, 0.4) is 0 Å². The maximum Gasteiger partial charge on any atom is 0.220 e. The first-order valence-electron chi connectivity index (χ1n) is 12.0. The molecule has 4 rings (SSSR count). The molecule has 1 atom stereocenters. The predicted octanol–water partition coefficient (Wildman–Crippen LogP) is 4.74. The minimum Gasteiger partial charge on any atom is -0.441 e. The summed E-state index contributed by atoms with van der Waals surface area (Å²) in [5, 5.41) is 3.03. The number of carbonyl (C=O) groups excluding carboxylic acids is 1. The highest BCUT2D eigenvalue weighted by atomic mass is 19.1. The van der Waals surface area contributed by atoms with Gasteiger partial charge >= 0.3 is 0 Å². The van der Waals surface area contributed by atoms with Gasteiger partial charge < -0.3 is 19.5 Å². The SMILES string of the molecule is CCN1CCN(c2ccc(F)cc2C(C)NC(=O)CCc2ncc(-c3ccc(C)cc3)o2)CC1. The zero-order valence-electron chi connectivity index (χ0n) is 20.2. The van der Waals surface area contributed by atoms with Gasteiger partial charge in [0.05, 0.1) is 12.2 Å². The third-order valence-corrected chi connectivity index (χ3v) is 6.45. The van der Waals surface area contributed by atoms with Crippen LogP contribution in [0.1, 0.15) is 43.3 Å². The maximum atomic E-state index is 14.1. The summed E-state index contributed by atoms with van der Waals surface area (Å²) in [6, 6.07) is 12.6. The Bertz CT molecular complexity index is 1100. The maximum absolute atomic E-state index is 14.1. The van der Waals surface area contributed by atoms with E-state index in [9.17, 15) is 9.18 Å². The fourth-order valence-electron chi connectivity index (χ4n) is 4.35. The quantitative estimate of drug-likeness (QED) is 0.522. The van der Waals surface area contributed by atoms with Crippen LogP contribution in [0.25, 0.3) is 11.3 Å². The molecule has 0 saturated carbocycles. The number of piperazine rings is 1. The van der Waals surface area contributed by atoms with Gasteiger partial charge in [-0.05, 0) is 38.6 Å². The molecule has 1 aromatic heterocycles. The van der Waals surface area contributed by atoms with Crippen LogP contribution in [0.4, 0.5) is 10.1 Å². The molecule has 1 aliphatic heterocycles. The van der Waals surface area contributed by atoms with Crippen LogP contribution in [0, 0.1) is 12.7 Å². The van der Waals surface area contributed by atoms with Crippen molar-refractivity contribution in [1.82, 2.24) is 15.2 Å². The topological polar surface area (TPSA) is 61.6 Å². The monoisotopic (exact) mass is 464 g/mol. The molecule has 0 bridgehead atoms. The molecule has 1 fully saturated rings. The Morgan fingerprint density at radius 3 is 2.59 bits per heavy atom. The number of amides is 1. The zero-order chi connectivity index (χ0) is 24.1. The molecule has 1 aliphatic rings. The van der Waals surface area contributed by atoms with Crippen LogP contribution in [0.15, 0.2) is 53.1 Å². The molecule has 0 aliphatic carbocycles. The van der Waals surface area contributed by atoms with Gasteiger partial charge in [0, 0.05) is 55.8 Å². The van der Waals surface area contributed by atoms with Gasteiger partial charge in [0.1, 0.15) is 5.82 Å². The number of carbonyl (C=O) groups is 1. The Labute approximate surface area is 200 Å². The summed E-state index contributed by atoms with van der Waals surface area (Å²) in [6.07, 6.45) is 2.34. The molecule has 0 radical (unpaired) electrons. The van der Waals surface area contributed by atoms with Crippen molar-refractivity contribution >= 4 is 11.6 Å². The molecule has 3 aromatic rings. The van der Waals surface area contributed by atoms with E-state index in [-0.39, 0.29) is 24.2 Å². The lowest BCUT2D eigenvalue weighted by Gasteiger charge is -2.37. The number of aryl methyl sites for hydroxylation is 2. The number of rotatable bonds is 8. The summed E-state index contributed by atoms with van der Waals surface area (Å²) in [7, 11) is 0. The van der Waals surface area contributed by atoms with Crippen molar-refractivity contribution in [2.45, 2.75) is 39.7 Å². The van der Waals surface area contributed by atoms with Crippen LogP contribution < -0.4 is 10.2 Å². The number of hydrogen-bond donors (Lipinski definition) is 1. The molecule has 6 nitrogen and oxygen atoms in total. The second-order valence-corrected chi connectivity index (χ2v) is 8.90. The van der Waals surface area contributed by atoms with Gasteiger partial charge in [-0.1, -0.05) is 36.8 Å². The highest BCUT2D eigenvalue weighted by Gasteiger charge is 2.22. The number of likely N-dealkylation sites (N-methyl/N-ethyl adjacent to an activating group) is 1. The van der Waals surface area contributed by atoms with Crippen molar-refractivity contribution < 1.29 is 13.6 Å². The summed E-state index contributed by atoms with van der Waals surface area (Å²) < 4.78 is 19.9. The van der Waals surface area contributed by atoms with Crippen LogP contribution in [-0.4, -0.2) is 48.5 Å². The van der Waals surface area contributed by atoms with Crippen molar-refractivity contribution in [1.29, 1.82) is 0 Å². The van der Waals surface area contributed by atoms with Gasteiger partial charge in [0.2, 0.25) is 5.91 Å². The molecule has 2 aromatic carbocycles. The van der Waals surface area contributed by atoms with Crippen LogP contribution in [0.2, 0.25) is 0 Å². The average molecular weight is 465 g/mol. The normalized spacial score (nSPS) is 15.4. The first kappa shape index (κ1) is 24.0. The Kier molecular flexibility index (Phi) is 7.63. The molecule has 180 valence electrons. The summed E-state index contributed by atoms with van der Waals surface area (Å²) >= 11 is 0. The van der Waals surface area contributed by atoms with E-state index >= 15 is 0 Å². The second-order valence-electron chi connectivity index (χ2n) is 8.90. The zero-order valence-corrected chi connectivity index (χ0v) is 20.2. The third kappa shape index (κ3) is 5.83. The van der Waals surface area contributed by atoms with Gasteiger partial charge in [-0.3, -0.25) is 4.79 Å². The molecule has 34 heavy (non-hydrogen) atoms. The summed E-state index contributed by atoms with van der Waals surface area (Å²) in [5.41, 5.74) is 3.93. The summed E-state index contributed by atoms with van der Waals surface area (Å²) in [4.78, 5) is 21.7. The van der Waals surface area contributed by atoms with E-state index < -0.39 is 0 Å². The number of oxazole rings is 1. The number of nitrogens with one attached hydrogen (secondary N) is 1. The first-order valence-corrected chi connectivity index (χ1v) is 12.0. The average Bonchev–Trinajstić information content (AvgIpc) is 3.32. The van der Waals surface area contributed by atoms with Crippen molar-refractivity contribution in [2.75, 3.05) is 37.6 Å². The number of anilines is 1. The molecule has 1 unspecified atom stereocenters. The minimum atomic E-state index is -0.310. The van der Waals surface area contributed by atoms with E-state index in [4.69, 9.17) is 4.42 Å². The van der Waals surface area contributed by atoms with Crippen LogP contribution >= 0.6 is 0 Å². The lowest BCUT2D eigenvalue weighted by molar-refractivity contribution is -0.121. The van der Waals surface area contributed by atoms with Crippen molar-refractivity contribution in [3.8, 4) is 11.3 Å². The number of aromatic nitrogens is 1. The predicted molar refractivity (Wildman–Crippen MR) is 132 cm³/mol. The van der Waals surface area contributed by atoms with Gasteiger partial charge in [-0.25, -0.2) is 9.37 Å². The minimum absolute atomic E-state index is 0.117. The van der Waals surface area contributed by atoms with Gasteiger partial charge in [0.25, 0.3) is 0 Å². The van der Waals surface area contributed by atoms with Crippen molar-refractivity contribution in [3.63, 3.8) is 0 Å². The molecular weight excluding hydrogens is 431 g/mol. The highest BCUT2D eigenvalue weighted by Crippen LogP contribution is 2.28. The van der Waals surface area contributed by atoms with E-state index in [0.29, 0.717) is 18.1 Å². The van der Waals surface area contributed by atoms with Crippen LogP contribution in [0.5, 0.6) is 0 Å². The lowest BCUT2D eigenvalue weighted by Crippen LogP contribution is -2.46. The second kappa shape index (κ2) is 10.8. The van der Waals surface area contributed by atoms with Crippen LogP contribution in [-0.2, 0) is 11.2 Å². The number of hydrogen-bond acceptors (Lipinski definition) is 5. The number of nitrogens with zero attached hydrogens (tertiary/aromatic N) is 3. The molecule has 1 N–H and O–H groups in total. The van der Waals surface area contributed by atoms with Gasteiger partial charge in [-0.15, -0.1) is 0 Å². The van der Waals surface area contributed by atoms with Crippen molar-refractivity contribution in [2.24, 2.45) is 0 Å². The molecule has 1 amide bonds. The van der Waals surface area contributed by atoms with Gasteiger partial charge in [-0.2, -0.15) is 0 Å². The van der Waals surface area contributed by atoms with E-state index in [0.717, 1.165) is 49.5 Å². The fraction of sp³-hybridized carbons (Fsp3) is 0.407. The van der Waals surface area contributed by atoms with Crippen molar-refractivity contribution in [3.05, 3.63) is 71.5 Å². The molecule has 1 saturated heterocycles. The molecular formula is C27H33FN4O2. The Morgan fingerprint density at radius 1 is 1.15 bits per heavy atom. The summed E-state index contributed by atoms with van der Waals surface area (Å²) in [5.74, 6) is 0.805. The molecule has 0 spiro atoms. The van der Waals surface area contributed by atoms with E-state index in [2.05, 4.69) is 27.0 Å². The lowest BCUT2D eigenvalue weighted by atomic mass is 10.0. The summed E-state index contributed by atoms with van der Waals surface area (Å²) in [6.45, 7) is 10.9. The Balaban J connectivity index is 1.36. The third-order valence-electron chi connectivity index (χ3n) is 6.45.